The van der Waals surface area contributed by atoms with E-state index in [9.17, 15) is 13.2 Å². The number of sulfone groups is 1. The van der Waals surface area contributed by atoms with Crippen molar-refractivity contribution in [3.63, 3.8) is 0 Å². The van der Waals surface area contributed by atoms with E-state index in [1.165, 1.54) is 12.1 Å². The molecule has 1 unspecified atom stereocenters. The molecule has 1 aliphatic rings. The predicted molar refractivity (Wildman–Crippen MR) is 108 cm³/mol. The van der Waals surface area contributed by atoms with Crippen molar-refractivity contribution >= 4 is 50.5 Å². The monoisotopic (exact) mass is 445 g/mol. The first-order valence-corrected chi connectivity index (χ1v) is 11.2. The van der Waals surface area contributed by atoms with Crippen LogP contribution in [0.1, 0.15) is 18.4 Å². The van der Waals surface area contributed by atoms with Crippen LogP contribution >= 0.6 is 34.8 Å². The highest BCUT2D eigenvalue weighted by molar-refractivity contribution is 7.92. The topological polar surface area (TPSA) is 54.5 Å². The van der Waals surface area contributed by atoms with Crippen LogP contribution in [0.5, 0.6) is 0 Å². The van der Waals surface area contributed by atoms with Crippen LogP contribution in [0.15, 0.2) is 47.4 Å². The molecule has 0 radical (unpaired) electrons. The number of carbonyl (C=O) groups is 1. The van der Waals surface area contributed by atoms with Gasteiger partial charge in [0.25, 0.3) is 0 Å². The third-order valence-electron chi connectivity index (χ3n) is 4.73. The molecule has 0 saturated carbocycles. The largest absolute Gasteiger partial charge is 0.341 e. The molecule has 1 atom stereocenters. The van der Waals surface area contributed by atoms with Crippen molar-refractivity contribution in [1.29, 1.82) is 0 Å². The second-order valence-corrected chi connectivity index (χ2v) is 9.93. The lowest BCUT2D eigenvalue weighted by Gasteiger charge is -2.17. The Balaban J connectivity index is 1.63. The quantitative estimate of drug-likeness (QED) is 0.671. The summed E-state index contributed by atoms with van der Waals surface area (Å²) in [5, 5.41) is 0.932. The summed E-state index contributed by atoms with van der Waals surface area (Å²) in [5.41, 5.74) is 0.735. The predicted octanol–water partition coefficient (Wildman–Crippen LogP) is 4.65. The Morgan fingerprint density at radius 3 is 2.30 bits per heavy atom. The third kappa shape index (κ3) is 4.60. The summed E-state index contributed by atoms with van der Waals surface area (Å²) in [6.07, 6.45) is 1.07. The molecule has 0 N–H and O–H groups in total. The molecule has 144 valence electrons. The minimum absolute atomic E-state index is 0.0974. The highest BCUT2D eigenvalue weighted by Gasteiger charge is 2.35. The fraction of sp³-hybridized carbons (Fsp3) is 0.316. The molecule has 4 nitrogen and oxygen atoms in total. The Hall–Kier alpha value is -1.27. The second-order valence-electron chi connectivity index (χ2n) is 6.45. The van der Waals surface area contributed by atoms with Crippen molar-refractivity contribution in [3.8, 4) is 0 Å². The number of halogens is 3. The minimum atomic E-state index is -3.50. The van der Waals surface area contributed by atoms with Gasteiger partial charge in [0, 0.05) is 34.6 Å². The normalized spacial score (nSPS) is 17.3. The van der Waals surface area contributed by atoms with Gasteiger partial charge in [-0.15, -0.1) is 0 Å². The van der Waals surface area contributed by atoms with Crippen LogP contribution < -0.4 is 0 Å². The standard InChI is InChI=1S/C19H18Cl3NO3S/c20-13-4-6-14(7-5-13)27(25,26)15-10-11-23(12-15)19(24)9-8-16-17(21)2-1-3-18(16)22/h1-7,15H,8-12H2. The van der Waals surface area contributed by atoms with E-state index >= 15 is 0 Å². The van der Waals surface area contributed by atoms with Crippen molar-refractivity contribution in [2.45, 2.75) is 29.4 Å². The summed E-state index contributed by atoms with van der Waals surface area (Å²) < 4.78 is 25.5. The number of hydrogen-bond acceptors (Lipinski definition) is 3. The van der Waals surface area contributed by atoms with Gasteiger partial charge in [-0.05, 0) is 54.8 Å². The second kappa shape index (κ2) is 8.39. The van der Waals surface area contributed by atoms with Crippen LogP contribution in [0.25, 0.3) is 0 Å². The molecule has 0 aromatic heterocycles. The van der Waals surface area contributed by atoms with Crippen molar-refractivity contribution in [1.82, 2.24) is 4.90 Å². The van der Waals surface area contributed by atoms with E-state index in [0.717, 1.165) is 5.56 Å². The average Bonchev–Trinajstić information content (AvgIpc) is 3.12. The molecule has 2 aromatic carbocycles. The third-order valence-corrected chi connectivity index (χ3v) is 7.88. The van der Waals surface area contributed by atoms with Gasteiger partial charge < -0.3 is 4.90 Å². The van der Waals surface area contributed by atoms with Gasteiger partial charge in [-0.3, -0.25) is 4.79 Å². The van der Waals surface area contributed by atoms with Gasteiger partial charge in [-0.25, -0.2) is 8.42 Å². The number of hydrogen-bond donors (Lipinski definition) is 0. The van der Waals surface area contributed by atoms with E-state index in [-0.39, 0.29) is 23.8 Å². The molecule has 27 heavy (non-hydrogen) atoms. The highest BCUT2D eigenvalue weighted by Crippen LogP contribution is 2.28. The molecular weight excluding hydrogens is 429 g/mol. The highest BCUT2D eigenvalue weighted by atomic mass is 35.5. The van der Waals surface area contributed by atoms with Gasteiger partial charge in [-0.1, -0.05) is 40.9 Å². The Morgan fingerprint density at radius 2 is 1.67 bits per heavy atom. The number of nitrogens with zero attached hydrogens (tertiary/aromatic N) is 1. The number of likely N-dealkylation sites (tertiary alicyclic amines) is 1. The molecule has 1 aliphatic heterocycles. The summed E-state index contributed by atoms with van der Waals surface area (Å²) in [6, 6.07) is 11.3. The molecule has 1 heterocycles. The summed E-state index contributed by atoms with van der Waals surface area (Å²) in [5.74, 6) is -0.0974. The fourth-order valence-corrected chi connectivity index (χ4v) is 5.59. The Morgan fingerprint density at radius 1 is 1.04 bits per heavy atom. The molecule has 1 fully saturated rings. The average molecular weight is 447 g/mol. The minimum Gasteiger partial charge on any atom is -0.341 e. The van der Waals surface area contributed by atoms with Crippen LogP contribution in [0.4, 0.5) is 0 Å². The number of carbonyl (C=O) groups excluding carboxylic acids is 1. The van der Waals surface area contributed by atoms with E-state index in [0.29, 0.717) is 34.5 Å². The van der Waals surface area contributed by atoms with Gasteiger partial charge in [-0.2, -0.15) is 0 Å². The first-order chi connectivity index (χ1) is 12.8. The van der Waals surface area contributed by atoms with E-state index in [1.54, 1.807) is 35.2 Å². The van der Waals surface area contributed by atoms with Gasteiger partial charge in [0.1, 0.15) is 0 Å². The van der Waals surface area contributed by atoms with Gasteiger partial charge >= 0.3 is 0 Å². The molecular formula is C19H18Cl3NO3S. The van der Waals surface area contributed by atoms with Crippen LogP contribution in [0, 0.1) is 0 Å². The van der Waals surface area contributed by atoms with Crippen LogP contribution in [0.2, 0.25) is 15.1 Å². The maximum atomic E-state index is 12.8. The smallest absolute Gasteiger partial charge is 0.222 e. The van der Waals surface area contributed by atoms with Crippen molar-refractivity contribution in [2.75, 3.05) is 13.1 Å². The number of rotatable bonds is 5. The Bertz CT molecular complexity index is 925. The molecule has 2 aromatic rings. The summed E-state index contributed by atoms with van der Waals surface area (Å²) in [6.45, 7) is 0.618. The summed E-state index contributed by atoms with van der Waals surface area (Å²) >= 11 is 18.1. The lowest BCUT2D eigenvalue weighted by atomic mass is 10.1. The van der Waals surface area contributed by atoms with E-state index in [2.05, 4.69) is 0 Å². The maximum Gasteiger partial charge on any atom is 0.222 e. The van der Waals surface area contributed by atoms with Crippen molar-refractivity contribution in [2.24, 2.45) is 0 Å². The molecule has 0 spiro atoms. The van der Waals surface area contributed by atoms with Crippen molar-refractivity contribution in [3.05, 3.63) is 63.1 Å². The molecule has 1 saturated heterocycles. The molecule has 8 heteroatoms. The SMILES string of the molecule is O=C(CCc1c(Cl)cccc1Cl)N1CCC(S(=O)(=O)c2ccc(Cl)cc2)C1. The molecule has 0 bridgehead atoms. The van der Waals surface area contributed by atoms with Crippen LogP contribution in [0.3, 0.4) is 0 Å². The maximum absolute atomic E-state index is 12.8. The van der Waals surface area contributed by atoms with E-state index in [4.69, 9.17) is 34.8 Å². The van der Waals surface area contributed by atoms with E-state index in [1.807, 2.05) is 0 Å². The van der Waals surface area contributed by atoms with Gasteiger partial charge in [0.05, 0.1) is 10.1 Å². The zero-order valence-electron chi connectivity index (χ0n) is 14.4. The molecule has 1 amide bonds. The number of benzene rings is 2. The first kappa shape index (κ1) is 20.5. The van der Waals surface area contributed by atoms with Crippen LogP contribution in [-0.2, 0) is 21.1 Å². The van der Waals surface area contributed by atoms with Gasteiger partial charge in [0.15, 0.2) is 9.84 Å². The molecule has 0 aliphatic carbocycles. The molecule has 3 rings (SSSR count). The lowest BCUT2D eigenvalue weighted by molar-refractivity contribution is -0.130. The summed E-state index contributed by atoms with van der Waals surface area (Å²) in [7, 11) is -3.50. The van der Waals surface area contributed by atoms with Crippen LogP contribution in [-0.4, -0.2) is 37.6 Å². The van der Waals surface area contributed by atoms with Gasteiger partial charge in [0.2, 0.25) is 5.91 Å². The summed E-state index contributed by atoms with van der Waals surface area (Å²) in [4.78, 5) is 14.4. The number of amides is 1. The Labute approximate surface area is 173 Å². The fourth-order valence-electron chi connectivity index (χ4n) is 3.19. The zero-order valence-corrected chi connectivity index (χ0v) is 17.5. The Kier molecular flexibility index (Phi) is 6.36. The first-order valence-electron chi connectivity index (χ1n) is 8.49. The lowest BCUT2D eigenvalue weighted by Crippen LogP contribution is -2.32. The van der Waals surface area contributed by atoms with E-state index < -0.39 is 15.1 Å². The zero-order chi connectivity index (χ0) is 19.6. The van der Waals surface area contributed by atoms with Crippen molar-refractivity contribution < 1.29 is 13.2 Å².